The van der Waals surface area contributed by atoms with Crippen molar-refractivity contribution in [1.29, 1.82) is 0 Å². The van der Waals surface area contributed by atoms with Gasteiger partial charge in [-0.05, 0) is 35.2 Å². The number of rotatable bonds is 2. The number of nitrogens with zero attached hydrogens (tertiary/aromatic N) is 2. The van der Waals surface area contributed by atoms with Crippen LogP contribution in [0.5, 0.6) is 0 Å². The minimum atomic E-state index is -4.33. The SMILES string of the molecule is FC(F)(F)c1ccc(N=Cc2cccc3cc[n-]c23)cc1.[Cl][Ti][Cl]. The van der Waals surface area contributed by atoms with Crippen molar-refractivity contribution >= 4 is 41.4 Å². The van der Waals surface area contributed by atoms with Crippen molar-refractivity contribution in [1.82, 2.24) is 4.98 Å². The molecule has 0 atom stereocenters. The summed E-state index contributed by atoms with van der Waals surface area (Å²) in [4.78, 5) is 8.43. The summed E-state index contributed by atoms with van der Waals surface area (Å²) in [6.45, 7) is 0. The number of alkyl halides is 3. The number of hydrogen-bond donors (Lipinski definition) is 0. The average molecular weight is 406 g/mol. The maximum atomic E-state index is 12.5. The van der Waals surface area contributed by atoms with E-state index in [9.17, 15) is 13.2 Å². The Labute approximate surface area is 153 Å². The van der Waals surface area contributed by atoms with Gasteiger partial charge in [-0.2, -0.15) is 19.4 Å². The Balaban J connectivity index is 0.000000647. The molecular weight excluding hydrogens is 396 g/mol. The van der Waals surface area contributed by atoms with E-state index in [0.717, 1.165) is 28.6 Å². The van der Waals surface area contributed by atoms with Crippen LogP contribution in [0.25, 0.3) is 10.9 Å². The topological polar surface area (TPSA) is 26.5 Å². The monoisotopic (exact) mass is 405 g/mol. The van der Waals surface area contributed by atoms with Gasteiger partial charge in [0.2, 0.25) is 0 Å². The Hall–Kier alpha value is -1.27. The van der Waals surface area contributed by atoms with Crippen LogP contribution in [-0.4, -0.2) is 6.21 Å². The van der Waals surface area contributed by atoms with E-state index >= 15 is 0 Å². The van der Waals surface area contributed by atoms with Crippen molar-refractivity contribution < 1.29 is 30.2 Å². The fourth-order valence-corrected chi connectivity index (χ4v) is 2.04. The zero-order valence-corrected chi connectivity index (χ0v) is 15.1. The number of para-hydroxylation sites is 1. The number of fused-ring (bicyclic) bond motifs is 1. The summed E-state index contributed by atoms with van der Waals surface area (Å²) in [5, 5.41) is 1.01. The Morgan fingerprint density at radius 2 is 1.67 bits per heavy atom. The van der Waals surface area contributed by atoms with Crippen LogP contribution in [0.1, 0.15) is 11.1 Å². The first kappa shape index (κ1) is 19.1. The van der Waals surface area contributed by atoms with Crippen molar-refractivity contribution in [3.05, 3.63) is 65.9 Å². The van der Waals surface area contributed by atoms with Crippen LogP contribution in [-0.2, 0) is 23.2 Å². The zero-order valence-electron chi connectivity index (χ0n) is 12.1. The van der Waals surface area contributed by atoms with Gasteiger partial charge in [0.25, 0.3) is 0 Å². The molecule has 8 heteroatoms. The second kappa shape index (κ2) is 8.72. The van der Waals surface area contributed by atoms with Crippen LogP contribution in [0.15, 0.2) is 59.7 Å². The summed E-state index contributed by atoms with van der Waals surface area (Å²) in [6.07, 6.45) is -1.01. The molecule has 0 spiro atoms. The van der Waals surface area contributed by atoms with Crippen LogP contribution >= 0.6 is 18.6 Å². The van der Waals surface area contributed by atoms with Crippen LogP contribution in [0.3, 0.4) is 0 Å². The Bertz CT molecular complexity index is 814. The first-order valence-electron chi connectivity index (χ1n) is 6.63. The van der Waals surface area contributed by atoms with Crippen LogP contribution < -0.4 is 4.98 Å². The third-order valence-corrected chi connectivity index (χ3v) is 3.10. The van der Waals surface area contributed by atoms with Crippen LogP contribution in [0, 0.1) is 0 Å². The van der Waals surface area contributed by atoms with Gasteiger partial charge in [-0.25, -0.2) is 0 Å². The molecule has 124 valence electrons. The first-order valence-corrected chi connectivity index (χ1v) is 10.9. The molecule has 0 amide bonds. The predicted octanol–water partition coefficient (Wildman–Crippen LogP) is 5.94. The summed E-state index contributed by atoms with van der Waals surface area (Å²) < 4.78 is 37.4. The van der Waals surface area contributed by atoms with Gasteiger partial charge in [-0.1, -0.05) is 24.3 Å². The van der Waals surface area contributed by atoms with Crippen molar-refractivity contribution in [2.24, 2.45) is 4.99 Å². The average Bonchev–Trinajstić information content (AvgIpc) is 3.02. The minimum absolute atomic E-state index is 0.464. The summed E-state index contributed by atoms with van der Waals surface area (Å²) in [6, 6.07) is 12.3. The fourth-order valence-electron chi connectivity index (χ4n) is 2.04. The van der Waals surface area contributed by atoms with Crippen molar-refractivity contribution in [2.75, 3.05) is 0 Å². The van der Waals surface area contributed by atoms with Gasteiger partial charge in [0, 0.05) is 6.21 Å². The molecule has 0 fully saturated rings. The normalized spacial score (nSPS) is 11.4. The van der Waals surface area contributed by atoms with E-state index in [1.54, 1.807) is 12.4 Å². The van der Waals surface area contributed by atoms with E-state index < -0.39 is 28.8 Å². The molecule has 0 N–H and O–H groups in total. The predicted molar refractivity (Wildman–Crippen MR) is 87.7 cm³/mol. The number of benzene rings is 2. The van der Waals surface area contributed by atoms with Crippen LogP contribution in [0.4, 0.5) is 18.9 Å². The molecule has 1 aromatic heterocycles. The zero-order chi connectivity index (χ0) is 17.6. The van der Waals surface area contributed by atoms with Crippen LogP contribution in [0.2, 0.25) is 0 Å². The van der Waals surface area contributed by atoms with Crippen molar-refractivity contribution in [3.63, 3.8) is 0 Å². The molecule has 0 saturated carbocycles. The molecule has 0 saturated heterocycles. The second-order valence-corrected chi connectivity index (χ2v) is 7.18. The van der Waals surface area contributed by atoms with Crippen molar-refractivity contribution in [2.45, 2.75) is 6.18 Å². The molecule has 0 radical (unpaired) electrons. The summed E-state index contributed by atoms with van der Waals surface area (Å²) in [7, 11) is 9.78. The van der Waals surface area contributed by atoms with E-state index in [4.69, 9.17) is 18.6 Å². The first-order chi connectivity index (χ1) is 11.5. The number of aliphatic imine (C=N–C) groups is 1. The molecule has 2 nitrogen and oxygen atoms in total. The molecule has 0 aliphatic heterocycles. The molecule has 0 bridgehead atoms. The van der Waals surface area contributed by atoms with Gasteiger partial charge in [0.15, 0.2) is 0 Å². The molecule has 3 rings (SSSR count). The van der Waals surface area contributed by atoms with Gasteiger partial charge in [-0.15, -0.1) is 5.52 Å². The third-order valence-electron chi connectivity index (χ3n) is 3.10. The fraction of sp³-hybridized carbons (Fsp3) is 0.0625. The molecule has 0 aliphatic rings. The molecule has 3 aromatic rings. The Kier molecular flexibility index (Phi) is 6.93. The van der Waals surface area contributed by atoms with E-state index in [2.05, 4.69) is 9.98 Å². The van der Waals surface area contributed by atoms with Crippen molar-refractivity contribution in [3.8, 4) is 0 Å². The molecule has 0 aliphatic carbocycles. The number of hydrogen-bond acceptors (Lipinski definition) is 1. The van der Waals surface area contributed by atoms with Gasteiger partial charge >= 0.3 is 41.8 Å². The summed E-state index contributed by atoms with van der Waals surface area (Å²) in [5.41, 5.74) is 1.44. The quantitative estimate of drug-likeness (QED) is 0.382. The Morgan fingerprint density at radius 1 is 1.00 bits per heavy atom. The molecule has 1 heterocycles. The van der Waals surface area contributed by atoms with E-state index in [1.807, 2.05) is 24.3 Å². The molecular formula is C16H10Cl2F3N2Ti-. The Morgan fingerprint density at radius 3 is 2.29 bits per heavy atom. The maximum absolute atomic E-state index is 12.5. The van der Waals surface area contributed by atoms with E-state index in [0.29, 0.717) is 5.69 Å². The molecule has 2 aromatic carbocycles. The van der Waals surface area contributed by atoms with Gasteiger partial charge in [0.05, 0.1) is 11.3 Å². The third kappa shape index (κ3) is 5.11. The number of halogens is 5. The van der Waals surface area contributed by atoms with Gasteiger partial charge < -0.3 is 4.98 Å². The summed E-state index contributed by atoms with van der Waals surface area (Å²) >= 11 is -0.556. The molecule has 0 unspecified atom stereocenters. The number of aromatic nitrogens is 1. The van der Waals surface area contributed by atoms with Gasteiger partial charge in [0.1, 0.15) is 0 Å². The van der Waals surface area contributed by atoms with E-state index in [-0.39, 0.29) is 0 Å². The van der Waals surface area contributed by atoms with Gasteiger partial charge in [-0.3, -0.25) is 4.99 Å². The van der Waals surface area contributed by atoms with E-state index in [1.165, 1.54) is 12.1 Å². The molecule has 24 heavy (non-hydrogen) atoms. The standard InChI is InChI=1S/C16H10F3N2.2ClH.Ti/c17-16(18,19)13-4-6-14(7-5-13)21-10-12-3-1-2-11-8-9-20-15(11)12;;;/h1-10H;2*1H;/q-1;;;+2/p-2. The summed E-state index contributed by atoms with van der Waals surface area (Å²) in [5.74, 6) is 0. The second-order valence-electron chi connectivity index (χ2n) is 4.60.